The zero-order valence-electron chi connectivity index (χ0n) is 19.8. The number of nitrogens with one attached hydrogen (secondary N) is 1. The highest BCUT2D eigenvalue weighted by atomic mass is 35.5. The van der Waals surface area contributed by atoms with Gasteiger partial charge in [0, 0.05) is 11.1 Å². The number of halogens is 1. The maximum Gasteiger partial charge on any atom is 0.294 e. The Labute approximate surface area is 218 Å². The van der Waals surface area contributed by atoms with Gasteiger partial charge >= 0.3 is 0 Å². The molecule has 190 valence electrons. The van der Waals surface area contributed by atoms with E-state index in [1.54, 1.807) is 61.5 Å². The first kappa shape index (κ1) is 26.1. The number of aromatic hydroxyl groups is 1. The quantitative estimate of drug-likeness (QED) is 0.177. The molecule has 37 heavy (non-hydrogen) atoms. The highest BCUT2D eigenvalue weighted by Crippen LogP contribution is 2.41. The zero-order chi connectivity index (χ0) is 26.7. The number of aryl methyl sites for hydroxylation is 1. The maximum atomic E-state index is 13.1. The summed E-state index contributed by atoms with van der Waals surface area (Å²) in [5.74, 6) is -0.323. The molecule has 0 aliphatic heterocycles. The van der Waals surface area contributed by atoms with E-state index in [0.29, 0.717) is 34.2 Å². The van der Waals surface area contributed by atoms with Gasteiger partial charge in [0.2, 0.25) is 0 Å². The van der Waals surface area contributed by atoms with E-state index in [-0.39, 0.29) is 26.9 Å². The number of benzene rings is 4. The van der Waals surface area contributed by atoms with E-state index in [2.05, 4.69) is 15.5 Å². The number of carbonyl (C=O) groups is 1. The van der Waals surface area contributed by atoms with Crippen LogP contribution in [0.4, 0.5) is 17.1 Å². The molecule has 1 amide bonds. The van der Waals surface area contributed by atoms with Crippen molar-refractivity contribution in [2.24, 2.45) is 10.2 Å². The highest BCUT2D eigenvalue weighted by molar-refractivity contribution is 7.85. The minimum absolute atomic E-state index is 0.0213. The van der Waals surface area contributed by atoms with Gasteiger partial charge in [0.1, 0.15) is 17.1 Å². The number of methoxy groups -OCH3 is 1. The largest absolute Gasteiger partial charge is 0.505 e. The third kappa shape index (κ3) is 5.56. The molecule has 9 nitrogen and oxygen atoms in total. The van der Waals surface area contributed by atoms with Gasteiger partial charge in [-0.05, 0) is 59.8 Å². The second-order valence-corrected chi connectivity index (χ2v) is 9.80. The number of carbonyl (C=O) groups excluding carboxylic acids is 1. The van der Waals surface area contributed by atoms with Gasteiger partial charge in [-0.1, -0.05) is 42.8 Å². The Morgan fingerprint density at radius 1 is 1.03 bits per heavy atom. The fourth-order valence-electron chi connectivity index (χ4n) is 3.72. The van der Waals surface area contributed by atoms with Crippen molar-refractivity contribution >= 4 is 55.5 Å². The number of anilines is 1. The predicted molar refractivity (Wildman–Crippen MR) is 141 cm³/mol. The number of amides is 1. The summed E-state index contributed by atoms with van der Waals surface area (Å²) < 4.78 is 37.6. The third-order valence-electron chi connectivity index (χ3n) is 5.63. The molecule has 0 spiro atoms. The van der Waals surface area contributed by atoms with Crippen molar-refractivity contribution in [2.75, 3.05) is 12.4 Å². The van der Waals surface area contributed by atoms with E-state index in [1.807, 2.05) is 0 Å². The van der Waals surface area contributed by atoms with Crippen molar-refractivity contribution in [1.29, 1.82) is 0 Å². The highest BCUT2D eigenvalue weighted by Gasteiger charge is 2.20. The summed E-state index contributed by atoms with van der Waals surface area (Å²) in [4.78, 5) is 12.7. The molecule has 0 bridgehead atoms. The van der Waals surface area contributed by atoms with Crippen molar-refractivity contribution in [2.45, 2.75) is 18.2 Å². The van der Waals surface area contributed by atoms with Crippen molar-refractivity contribution in [3.63, 3.8) is 0 Å². The molecule has 3 N–H and O–H groups in total. The van der Waals surface area contributed by atoms with E-state index in [1.165, 1.54) is 13.2 Å². The standard InChI is InChI=1S/C26H22ClN3O6S/c1-3-15-12-19(37(33,34)35)14-22(27)23(15)29-30-24-20-7-5-4-6-16(20)13-21(25(24)31)26(32)28-17-8-10-18(36-2)11-9-17/h4-14,31H,3H2,1-2H3,(H,28,32)(H,33,34,35). The number of azo groups is 1. The van der Waals surface area contributed by atoms with Crippen molar-refractivity contribution in [3.05, 3.63) is 82.9 Å². The van der Waals surface area contributed by atoms with E-state index >= 15 is 0 Å². The lowest BCUT2D eigenvalue weighted by Gasteiger charge is -2.12. The number of hydrogen-bond donors (Lipinski definition) is 3. The normalized spacial score (nSPS) is 11.7. The van der Waals surface area contributed by atoms with Gasteiger partial charge in [0.25, 0.3) is 16.0 Å². The van der Waals surface area contributed by atoms with E-state index in [4.69, 9.17) is 16.3 Å². The van der Waals surface area contributed by atoms with Gasteiger partial charge in [0.05, 0.1) is 22.6 Å². The number of phenolic OH excluding ortho intramolecular Hbond substituents is 1. The molecule has 0 fully saturated rings. The van der Waals surface area contributed by atoms with Crippen LogP contribution in [0.3, 0.4) is 0 Å². The zero-order valence-corrected chi connectivity index (χ0v) is 21.3. The van der Waals surface area contributed by atoms with Crippen LogP contribution in [0.2, 0.25) is 5.02 Å². The first-order valence-corrected chi connectivity index (χ1v) is 12.9. The SMILES string of the molecule is CCc1cc(S(=O)(=O)O)cc(Cl)c1N=Nc1c(O)c(C(=O)Nc2ccc(OC)cc2)cc2ccccc12. The molecule has 0 aliphatic rings. The minimum atomic E-state index is -4.47. The number of hydrogen-bond acceptors (Lipinski definition) is 7. The smallest absolute Gasteiger partial charge is 0.294 e. The van der Waals surface area contributed by atoms with E-state index in [9.17, 15) is 22.9 Å². The molecule has 0 heterocycles. The van der Waals surface area contributed by atoms with Crippen molar-refractivity contribution in [1.82, 2.24) is 0 Å². The fourth-order valence-corrected chi connectivity index (χ4v) is 4.62. The summed E-state index contributed by atoms with van der Waals surface area (Å²) in [5.41, 5.74) is 1.11. The summed E-state index contributed by atoms with van der Waals surface area (Å²) in [5, 5.41) is 23.3. The van der Waals surface area contributed by atoms with Crippen molar-refractivity contribution < 1.29 is 27.6 Å². The molecule has 11 heteroatoms. The molecule has 4 aromatic carbocycles. The van der Waals surface area contributed by atoms with Crippen LogP contribution in [0.1, 0.15) is 22.8 Å². The Hall–Kier alpha value is -3.99. The summed E-state index contributed by atoms with van der Waals surface area (Å²) >= 11 is 6.27. The van der Waals surface area contributed by atoms with Gasteiger partial charge in [-0.3, -0.25) is 9.35 Å². The predicted octanol–water partition coefficient (Wildman–Crippen LogP) is 6.68. The van der Waals surface area contributed by atoms with Crippen LogP contribution in [0.5, 0.6) is 11.5 Å². The first-order valence-electron chi connectivity index (χ1n) is 11.0. The molecular formula is C26H22ClN3O6S. The molecule has 0 aliphatic carbocycles. The molecule has 4 rings (SSSR count). The van der Waals surface area contributed by atoms with E-state index in [0.717, 1.165) is 6.07 Å². The van der Waals surface area contributed by atoms with Gasteiger partial charge < -0.3 is 15.2 Å². The van der Waals surface area contributed by atoms with Crippen LogP contribution in [-0.2, 0) is 16.5 Å². The summed E-state index contributed by atoms with van der Waals surface area (Å²) in [7, 11) is -2.93. The van der Waals surface area contributed by atoms with Crippen molar-refractivity contribution in [3.8, 4) is 11.5 Å². The Balaban J connectivity index is 1.79. The average Bonchev–Trinajstić information content (AvgIpc) is 2.88. The Bertz CT molecular complexity index is 1640. The summed E-state index contributed by atoms with van der Waals surface area (Å²) in [6, 6.07) is 17.6. The van der Waals surface area contributed by atoms with Gasteiger partial charge in [-0.15, -0.1) is 10.2 Å². The molecule has 0 atom stereocenters. The molecular weight excluding hydrogens is 518 g/mol. The van der Waals surface area contributed by atoms with Crippen LogP contribution < -0.4 is 10.1 Å². The molecule has 4 aromatic rings. The number of rotatable bonds is 7. The summed E-state index contributed by atoms with van der Waals surface area (Å²) in [6.45, 7) is 1.76. The third-order valence-corrected chi connectivity index (χ3v) is 6.75. The van der Waals surface area contributed by atoms with Gasteiger partial charge in [0.15, 0.2) is 5.75 Å². The number of fused-ring (bicyclic) bond motifs is 1. The second-order valence-electron chi connectivity index (χ2n) is 7.97. The second kappa shape index (κ2) is 10.6. The Morgan fingerprint density at radius 2 is 1.70 bits per heavy atom. The number of phenols is 1. The lowest BCUT2D eigenvalue weighted by molar-refractivity contribution is 0.102. The average molecular weight is 540 g/mol. The molecule has 0 saturated heterocycles. The minimum Gasteiger partial charge on any atom is -0.505 e. The molecule has 0 unspecified atom stereocenters. The lowest BCUT2D eigenvalue weighted by Crippen LogP contribution is -2.12. The first-order chi connectivity index (χ1) is 17.6. The number of nitrogens with zero attached hydrogens (tertiary/aromatic N) is 2. The molecule has 0 radical (unpaired) electrons. The maximum absolute atomic E-state index is 13.1. The number of ether oxygens (including phenoxy) is 1. The lowest BCUT2D eigenvalue weighted by atomic mass is 10.0. The summed E-state index contributed by atoms with van der Waals surface area (Å²) in [6.07, 6.45) is 0.342. The Kier molecular flexibility index (Phi) is 7.44. The van der Waals surface area contributed by atoms with Gasteiger partial charge in [-0.2, -0.15) is 8.42 Å². The fraction of sp³-hybridized carbons (Fsp3) is 0.115. The van der Waals surface area contributed by atoms with Crippen LogP contribution in [0, 0.1) is 0 Å². The Morgan fingerprint density at radius 3 is 2.35 bits per heavy atom. The van der Waals surface area contributed by atoms with Crippen LogP contribution in [0.25, 0.3) is 10.8 Å². The van der Waals surface area contributed by atoms with Crippen LogP contribution >= 0.6 is 11.6 Å². The topological polar surface area (TPSA) is 138 Å². The van der Waals surface area contributed by atoms with Crippen LogP contribution in [0.15, 0.2) is 81.9 Å². The van der Waals surface area contributed by atoms with E-state index < -0.39 is 21.8 Å². The van der Waals surface area contributed by atoms with Crippen LogP contribution in [-0.4, -0.2) is 31.1 Å². The molecule has 0 aromatic heterocycles. The monoisotopic (exact) mass is 539 g/mol. The van der Waals surface area contributed by atoms with Gasteiger partial charge in [-0.25, -0.2) is 0 Å². The molecule has 0 saturated carbocycles.